The van der Waals surface area contributed by atoms with Crippen molar-refractivity contribution < 1.29 is 117 Å². The molecule has 56 valence electrons. The van der Waals surface area contributed by atoms with E-state index in [1.54, 1.807) is 0 Å². The van der Waals surface area contributed by atoms with E-state index in [1.165, 1.54) is 0 Å². The summed E-state index contributed by atoms with van der Waals surface area (Å²) in [5.74, 6) is 0. The Morgan fingerprint density at radius 1 is 0.750 bits per heavy atom. The van der Waals surface area contributed by atoms with Crippen molar-refractivity contribution in [1.29, 1.82) is 0 Å². The second-order valence-corrected chi connectivity index (χ2v) is 0.500. The molecule has 0 saturated carbocycles. The molecule has 0 unspecified atom stereocenters. The molecule has 7 nitrogen and oxygen atoms in total. The minimum atomic E-state index is -2.33. The molecule has 0 fully saturated rings. The van der Waals surface area contributed by atoms with Crippen molar-refractivity contribution in [2.75, 3.05) is 0 Å². The molecule has 0 bridgehead atoms. The molecule has 0 aliphatic carbocycles. The van der Waals surface area contributed by atoms with E-state index in [0.29, 0.717) is 24.7 Å². The van der Waals surface area contributed by atoms with Crippen molar-refractivity contribution in [2.24, 2.45) is 0 Å². The number of carbonyl (C=O) groups excluding carboxylic acids is 2. The van der Waals surface area contributed by atoms with Crippen LogP contribution < -0.4 is 79.5 Å². The van der Waals surface area contributed by atoms with E-state index >= 15 is 0 Å². The van der Waals surface area contributed by atoms with Crippen LogP contribution in [0.25, 0.3) is 0 Å². The molecule has 0 aliphatic heterocycles. The molecule has 0 radical (unpaired) electrons. The molecule has 0 aromatic carbocycles. The fourth-order valence-electron chi connectivity index (χ4n) is 0. The third kappa shape index (κ3) is 784. The molecular weight excluding hydrogens is 273 g/mol. The Morgan fingerprint density at radius 2 is 0.750 bits per heavy atom. The summed E-state index contributed by atoms with van der Waals surface area (Å²) in [6.07, 6.45) is -4.67. The summed E-state index contributed by atoms with van der Waals surface area (Å²) < 4.78 is 8.34. The first-order chi connectivity index (χ1) is 4.46. The quantitative estimate of drug-likeness (QED) is 0.398. The molecule has 0 aliphatic rings. The molecule has 10 heteroatoms. The monoisotopic (exact) mass is 272 g/mol. The van der Waals surface area contributed by atoms with Crippen LogP contribution in [0.5, 0.6) is 0 Å². The van der Waals surface area contributed by atoms with Gasteiger partial charge >= 0.3 is 86.7 Å². The van der Waals surface area contributed by atoms with Gasteiger partial charge in [-0.15, -0.1) is 0 Å². The summed E-state index contributed by atoms with van der Waals surface area (Å²) in [6, 6.07) is 0. The predicted molar refractivity (Wildman–Crippen MR) is 11.5 cm³/mol. The van der Waals surface area contributed by atoms with Gasteiger partial charge in [-0.2, -0.15) is 0 Å². The van der Waals surface area contributed by atoms with Crippen molar-refractivity contribution in [2.45, 2.75) is 0 Å². The van der Waals surface area contributed by atoms with Crippen LogP contribution in [0.3, 0.4) is 0 Å². The predicted octanol–water partition coefficient (Wildman–Crippen LogP) is -11.0. The van der Waals surface area contributed by atoms with Gasteiger partial charge in [0, 0.05) is 0 Å². The number of rotatable bonds is 0. The van der Waals surface area contributed by atoms with Crippen LogP contribution in [-0.4, -0.2) is 12.3 Å². The molecule has 12 heavy (non-hydrogen) atoms. The zero-order valence-electron chi connectivity index (χ0n) is 6.36. The van der Waals surface area contributed by atoms with Crippen molar-refractivity contribution in [1.82, 2.24) is 0 Å². The van der Waals surface area contributed by atoms with Crippen LogP contribution >= 0.6 is 0 Å². The van der Waals surface area contributed by atoms with Crippen molar-refractivity contribution in [3.8, 4) is 0 Å². The third-order valence-electron chi connectivity index (χ3n) is 0. The summed E-state index contributed by atoms with van der Waals surface area (Å²) in [5, 5.41) is 33.3. The Kier molecular flexibility index (Phi) is 71.8. The van der Waals surface area contributed by atoms with E-state index < -0.39 is 12.3 Å². The van der Waals surface area contributed by atoms with Crippen LogP contribution in [0, 0.1) is 0 Å². The van der Waals surface area contributed by atoms with Crippen LogP contribution in [-0.2, 0) is 27.5 Å². The normalized spacial score (nSPS) is 4.50. The van der Waals surface area contributed by atoms with Crippen LogP contribution in [0.1, 0.15) is 0 Å². The molecule has 0 aromatic rings. The molecule has 0 amide bonds. The van der Waals surface area contributed by atoms with E-state index in [1.807, 2.05) is 0 Å². The first-order valence-corrected chi connectivity index (χ1v) is 2.43. The number of carboxylic acid groups (broad SMARTS) is 4. The molecule has 0 N–H and O–H groups in total. The van der Waals surface area contributed by atoms with Crippen molar-refractivity contribution >= 4 is 12.3 Å². The molecule has 0 aromatic heterocycles. The number of hydrogen-bond donors (Lipinski definition) is 0. The Bertz CT molecular complexity index is 87.6. The van der Waals surface area contributed by atoms with Gasteiger partial charge < -0.3 is 30.0 Å². The Balaban J connectivity index is -0.0000000198. The van der Waals surface area contributed by atoms with E-state index in [2.05, 4.69) is 0 Å². The maximum atomic E-state index is 8.34. The summed E-state index contributed by atoms with van der Waals surface area (Å²) in [6.45, 7) is 0. The van der Waals surface area contributed by atoms with E-state index in [9.17, 15) is 0 Å². The standard InChI is InChI=1S/2CH2O3.2Na.O.Zr/c2*2-1(3)4;;;;/h2*(H2,2,3,4);;;;/q;;2*+1;;+2/p-4. The summed E-state index contributed by atoms with van der Waals surface area (Å²) in [7, 11) is 0. The average molecular weight is 273 g/mol. The SMILES string of the molecule is O=C([O-])[O-].O=C([O-])[O-].[Na+].[Na+].[O]=[Zr+2]. The van der Waals surface area contributed by atoms with Crippen LogP contribution in [0.15, 0.2) is 0 Å². The van der Waals surface area contributed by atoms with Gasteiger partial charge in [-0.1, -0.05) is 0 Å². The molecule has 0 rings (SSSR count). The number of carbonyl (C=O) groups is 2. The van der Waals surface area contributed by atoms with Gasteiger partial charge in [0.1, 0.15) is 0 Å². The zero-order valence-corrected chi connectivity index (χ0v) is 12.8. The minimum absolute atomic E-state index is 0. The van der Waals surface area contributed by atoms with E-state index in [0.717, 1.165) is 0 Å². The second-order valence-electron chi connectivity index (χ2n) is 0.500. The van der Waals surface area contributed by atoms with Gasteiger partial charge in [0.15, 0.2) is 0 Å². The average Bonchev–Trinajstić information content (AvgIpc) is 1.66. The first kappa shape index (κ1) is 29.2. The van der Waals surface area contributed by atoms with Gasteiger partial charge in [-0.05, 0) is 12.3 Å². The molecule has 0 heterocycles. The van der Waals surface area contributed by atoms with Gasteiger partial charge in [-0.25, -0.2) is 0 Å². The summed E-state index contributed by atoms with van der Waals surface area (Å²) >= 11 is 0.300. The zero-order chi connectivity index (χ0) is 9.15. The summed E-state index contributed by atoms with van der Waals surface area (Å²) in [5.41, 5.74) is 0. The van der Waals surface area contributed by atoms with E-state index in [4.69, 9.17) is 32.8 Å². The fourth-order valence-corrected chi connectivity index (χ4v) is 0. The number of hydrogen-bond acceptors (Lipinski definition) is 7. The molecule has 0 atom stereocenters. The molecule has 0 saturated heterocycles. The Hall–Kier alpha value is 1.22. The first-order valence-electron chi connectivity index (χ1n) is 1.43. The van der Waals surface area contributed by atoms with E-state index in [-0.39, 0.29) is 59.1 Å². The summed E-state index contributed by atoms with van der Waals surface area (Å²) in [4.78, 5) is 16.7. The van der Waals surface area contributed by atoms with Gasteiger partial charge in [0.25, 0.3) is 0 Å². The van der Waals surface area contributed by atoms with Crippen LogP contribution in [0.2, 0.25) is 0 Å². The molecule has 0 spiro atoms. The van der Waals surface area contributed by atoms with Gasteiger partial charge in [-0.3, -0.25) is 0 Å². The maximum absolute atomic E-state index is 8.34. The van der Waals surface area contributed by atoms with Gasteiger partial charge in [0.2, 0.25) is 0 Å². The second kappa shape index (κ2) is 29.5. The van der Waals surface area contributed by atoms with Crippen molar-refractivity contribution in [3.05, 3.63) is 0 Å². The van der Waals surface area contributed by atoms with Crippen molar-refractivity contribution in [3.63, 3.8) is 0 Å². The Morgan fingerprint density at radius 3 is 0.750 bits per heavy atom. The van der Waals surface area contributed by atoms with Crippen LogP contribution in [0.4, 0.5) is 9.59 Å². The topological polar surface area (TPSA) is 143 Å². The molecular formula is C2Na2O7Zr. The fraction of sp³-hybridized carbons (Fsp3) is 0. The van der Waals surface area contributed by atoms with Gasteiger partial charge in [0.05, 0.1) is 0 Å². The third-order valence-corrected chi connectivity index (χ3v) is 0. The Labute approximate surface area is 127 Å².